The lowest BCUT2D eigenvalue weighted by atomic mass is 10.2. The van der Waals surface area contributed by atoms with Crippen LogP contribution in [0.4, 0.5) is 0 Å². The molecule has 0 aliphatic rings. The Morgan fingerprint density at radius 2 is 2.27 bits per heavy atom. The molecule has 1 heterocycles. The van der Waals surface area contributed by atoms with E-state index in [0.717, 1.165) is 10.3 Å². The van der Waals surface area contributed by atoms with E-state index in [0.29, 0.717) is 5.56 Å². The van der Waals surface area contributed by atoms with E-state index in [2.05, 4.69) is 0 Å². The topological polar surface area (TPSA) is 67.2 Å². The van der Waals surface area contributed by atoms with Gasteiger partial charge >= 0.3 is 0 Å². The number of aryl methyl sites for hydroxylation is 1. The van der Waals surface area contributed by atoms with Crippen LogP contribution >= 0.6 is 0 Å². The Morgan fingerprint density at radius 1 is 1.64 bits per heavy atom. The number of hydrogen-bond donors (Lipinski definition) is 2. The Bertz CT molecular complexity index is 276. The van der Waals surface area contributed by atoms with Crippen molar-refractivity contribution in [2.45, 2.75) is 6.92 Å². The minimum Gasteiger partial charge on any atom is -0.365 e. The maximum absolute atomic E-state index is 10.6. The molecule has 1 aromatic rings. The van der Waals surface area contributed by atoms with Crippen molar-refractivity contribution in [2.75, 3.05) is 0 Å². The first-order chi connectivity index (χ1) is 5.09. The highest BCUT2D eigenvalue weighted by Crippen LogP contribution is 1.97. The largest absolute Gasteiger partial charge is 0.365 e. The number of nitrogens with two attached hydrogens (primary N) is 1. The molecule has 58 valence electrons. The van der Waals surface area contributed by atoms with Crippen LogP contribution in [0, 0.1) is 6.92 Å². The average molecular weight is 153 g/mol. The van der Waals surface area contributed by atoms with Gasteiger partial charge in [-0.3, -0.25) is 10.0 Å². The summed E-state index contributed by atoms with van der Waals surface area (Å²) in [6.07, 6.45) is 2.74. The van der Waals surface area contributed by atoms with Gasteiger partial charge < -0.3 is 5.73 Å². The highest BCUT2D eigenvalue weighted by atomic mass is 16.5. The van der Waals surface area contributed by atoms with Crippen LogP contribution in [0.1, 0.15) is 15.9 Å². The predicted octanol–water partition coefficient (Wildman–Crippen LogP) is -0.381. The van der Waals surface area contributed by atoms with Gasteiger partial charge in [-0.15, -0.1) is 0 Å². The van der Waals surface area contributed by atoms with Gasteiger partial charge in [-0.05, 0) is 13.0 Å². The number of primary amides is 1. The van der Waals surface area contributed by atoms with Gasteiger partial charge in [0.05, 0.1) is 0 Å². The summed E-state index contributed by atoms with van der Waals surface area (Å²) in [7, 11) is 0. The van der Waals surface area contributed by atoms with Crippen molar-refractivity contribution in [2.24, 2.45) is 5.73 Å². The summed E-state index contributed by atoms with van der Waals surface area (Å²) in [5.41, 5.74) is 6.07. The molecular weight excluding hydrogens is 144 g/mol. The standard InChI is InChI=1S/C7H8N2O2/c1-5-2-6(7(8)10)4-9(11)3-5/h2-4H,1H3,(H2-,8,10,11)/p+1. The van der Waals surface area contributed by atoms with Crippen LogP contribution in [-0.4, -0.2) is 11.1 Å². The molecule has 1 amide bonds. The Labute approximate surface area is 63.8 Å². The first-order valence-corrected chi connectivity index (χ1v) is 3.11. The number of aromatic nitrogens is 1. The first kappa shape index (κ1) is 7.53. The molecule has 0 fully saturated rings. The fourth-order valence-electron chi connectivity index (χ4n) is 0.843. The SMILES string of the molecule is Cc1cc(C(N)=O)c[n+](O)c1. The first-order valence-electron chi connectivity index (χ1n) is 3.11. The van der Waals surface area contributed by atoms with Crippen molar-refractivity contribution < 1.29 is 14.7 Å². The maximum atomic E-state index is 10.6. The van der Waals surface area contributed by atoms with Gasteiger partial charge in [0.25, 0.3) is 5.91 Å². The molecule has 1 rings (SSSR count). The highest BCUT2D eigenvalue weighted by molar-refractivity contribution is 5.92. The molecule has 11 heavy (non-hydrogen) atoms. The van der Waals surface area contributed by atoms with Crippen LogP contribution in [0.2, 0.25) is 0 Å². The molecule has 0 atom stereocenters. The van der Waals surface area contributed by atoms with E-state index in [4.69, 9.17) is 10.9 Å². The van der Waals surface area contributed by atoms with Crippen LogP contribution in [0.5, 0.6) is 0 Å². The quantitative estimate of drug-likeness (QED) is 0.426. The second-order valence-corrected chi connectivity index (χ2v) is 2.35. The normalized spacial score (nSPS) is 9.55. The van der Waals surface area contributed by atoms with Crippen LogP contribution < -0.4 is 10.5 Å². The highest BCUT2D eigenvalue weighted by Gasteiger charge is 2.07. The second kappa shape index (κ2) is 2.57. The molecular formula is C7H9N2O2+. The zero-order valence-electron chi connectivity index (χ0n) is 6.11. The molecule has 0 aliphatic carbocycles. The molecule has 3 N–H and O–H groups in total. The summed E-state index contributed by atoms with van der Waals surface area (Å²) in [5.74, 6) is -0.545. The zero-order valence-corrected chi connectivity index (χ0v) is 6.11. The van der Waals surface area contributed by atoms with Gasteiger partial charge in [0, 0.05) is 10.3 Å². The lowest BCUT2D eigenvalue weighted by Gasteiger charge is -1.92. The van der Waals surface area contributed by atoms with Crippen molar-refractivity contribution in [1.82, 2.24) is 0 Å². The van der Waals surface area contributed by atoms with Crippen molar-refractivity contribution in [3.8, 4) is 0 Å². The van der Waals surface area contributed by atoms with Crippen molar-refractivity contribution in [1.29, 1.82) is 0 Å². The molecule has 0 unspecified atom stereocenters. The van der Waals surface area contributed by atoms with E-state index in [1.165, 1.54) is 12.4 Å². The van der Waals surface area contributed by atoms with Crippen LogP contribution in [0.25, 0.3) is 0 Å². The third-order valence-corrected chi connectivity index (χ3v) is 1.27. The molecule has 4 nitrogen and oxygen atoms in total. The fourth-order valence-corrected chi connectivity index (χ4v) is 0.843. The Hall–Kier alpha value is -1.58. The van der Waals surface area contributed by atoms with E-state index in [1.54, 1.807) is 13.0 Å². The number of carbonyl (C=O) groups excluding carboxylic acids is 1. The fraction of sp³-hybridized carbons (Fsp3) is 0.143. The number of nitrogens with zero attached hydrogens (tertiary/aromatic N) is 1. The maximum Gasteiger partial charge on any atom is 0.254 e. The van der Waals surface area contributed by atoms with Crippen LogP contribution in [-0.2, 0) is 0 Å². The smallest absolute Gasteiger partial charge is 0.254 e. The summed E-state index contributed by atoms with van der Waals surface area (Å²) < 4.78 is 0.815. The predicted molar refractivity (Wildman–Crippen MR) is 37.1 cm³/mol. The zero-order chi connectivity index (χ0) is 8.43. The number of rotatable bonds is 1. The van der Waals surface area contributed by atoms with E-state index in [9.17, 15) is 4.79 Å². The molecule has 0 saturated heterocycles. The third kappa shape index (κ3) is 1.67. The van der Waals surface area contributed by atoms with Crippen molar-refractivity contribution in [3.63, 3.8) is 0 Å². The Morgan fingerprint density at radius 3 is 2.73 bits per heavy atom. The summed E-state index contributed by atoms with van der Waals surface area (Å²) in [6, 6.07) is 1.61. The second-order valence-electron chi connectivity index (χ2n) is 2.35. The van der Waals surface area contributed by atoms with Gasteiger partial charge in [0.1, 0.15) is 5.56 Å². The third-order valence-electron chi connectivity index (χ3n) is 1.27. The van der Waals surface area contributed by atoms with Gasteiger partial charge in [0.15, 0.2) is 0 Å². The lowest BCUT2D eigenvalue weighted by Crippen LogP contribution is -2.31. The monoisotopic (exact) mass is 153 g/mol. The lowest BCUT2D eigenvalue weighted by molar-refractivity contribution is -0.905. The Kier molecular flexibility index (Phi) is 1.76. The van der Waals surface area contributed by atoms with Crippen molar-refractivity contribution >= 4 is 5.91 Å². The summed E-state index contributed by atoms with van der Waals surface area (Å²) in [4.78, 5) is 10.6. The van der Waals surface area contributed by atoms with Gasteiger partial charge in [-0.25, -0.2) is 0 Å². The Balaban J connectivity index is 3.19. The molecule has 0 aromatic carbocycles. The van der Waals surface area contributed by atoms with E-state index < -0.39 is 5.91 Å². The molecule has 0 radical (unpaired) electrons. The number of pyridine rings is 1. The average Bonchev–Trinajstić information content (AvgIpc) is 1.85. The van der Waals surface area contributed by atoms with Crippen LogP contribution in [0.3, 0.4) is 0 Å². The van der Waals surface area contributed by atoms with Gasteiger partial charge in [-0.1, -0.05) is 0 Å². The molecule has 0 saturated carbocycles. The van der Waals surface area contributed by atoms with E-state index in [-0.39, 0.29) is 0 Å². The van der Waals surface area contributed by atoms with E-state index >= 15 is 0 Å². The number of hydrogen-bond acceptors (Lipinski definition) is 2. The summed E-state index contributed by atoms with van der Waals surface area (Å²) in [6.45, 7) is 1.76. The summed E-state index contributed by atoms with van der Waals surface area (Å²) >= 11 is 0. The summed E-state index contributed by atoms with van der Waals surface area (Å²) in [5, 5.41) is 8.95. The molecule has 0 bridgehead atoms. The molecule has 1 aromatic heterocycles. The molecule has 0 spiro atoms. The number of amides is 1. The minimum atomic E-state index is -0.545. The van der Waals surface area contributed by atoms with Gasteiger partial charge in [-0.2, -0.15) is 0 Å². The molecule has 4 heteroatoms. The van der Waals surface area contributed by atoms with Gasteiger partial charge in [0.2, 0.25) is 12.4 Å². The van der Waals surface area contributed by atoms with Crippen molar-refractivity contribution in [3.05, 3.63) is 29.6 Å². The van der Waals surface area contributed by atoms with Crippen LogP contribution in [0.15, 0.2) is 18.5 Å². The number of carbonyl (C=O) groups is 1. The van der Waals surface area contributed by atoms with E-state index in [1.807, 2.05) is 0 Å². The molecule has 0 aliphatic heterocycles. The minimum absolute atomic E-state index is 0.299.